The van der Waals surface area contributed by atoms with Crippen molar-refractivity contribution in [1.29, 1.82) is 0 Å². The van der Waals surface area contributed by atoms with Gasteiger partial charge in [-0.1, -0.05) is 0 Å². The normalized spacial score (nSPS) is 17.4. The average molecular weight is 299 g/mol. The molecule has 1 fully saturated rings. The lowest BCUT2D eigenvalue weighted by molar-refractivity contribution is 0.0365. The number of nitrogens with zero attached hydrogens (tertiary/aromatic N) is 5. The lowest BCUT2D eigenvalue weighted by atomic mass is 10.4. The number of halogens is 1. The van der Waals surface area contributed by atoms with Crippen molar-refractivity contribution >= 4 is 22.8 Å². The van der Waals surface area contributed by atoms with Gasteiger partial charge in [0.2, 0.25) is 11.2 Å². The van der Waals surface area contributed by atoms with Gasteiger partial charge < -0.3 is 14.0 Å². The van der Waals surface area contributed by atoms with Gasteiger partial charge in [0.05, 0.1) is 26.6 Å². The van der Waals surface area contributed by atoms with Crippen LogP contribution in [0, 0.1) is 0 Å². The van der Waals surface area contributed by atoms with Crippen LogP contribution in [0.4, 0.5) is 0 Å². The molecule has 3 rings (SSSR count). The van der Waals surface area contributed by atoms with Gasteiger partial charge in [0.15, 0.2) is 11.2 Å². The third-order valence-electron chi connectivity index (χ3n) is 3.29. The molecule has 8 heteroatoms. The highest BCUT2D eigenvalue weighted by Crippen LogP contribution is 2.23. The highest BCUT2D eigenvalue weighted by Gasteiger charge is 2.15. The molecule has 0 atom stereocenters. The fourth-order valence-electron chi connectivity index (χ4n) is 2.24. The Morgan fingerprint density at radius 3 is 2.95 bits per heavy atom. The quantitative estimate of drug-likeness (QED) is 0.779. The molecule has 0 bridgehead atoms. The van der Waals surface area contributed by atoms with Gasteiger partial charge >= 0.3 is 0 Å². The second kappa shape index (κ2) is 5.90. The Bertz CT molecular complexity index is 644. The van der Waals surface area contributed by atoms with Crippen LogP contribution in [0.25, 0.3) is 11.2 Å². The molecule has 0 aliphatic carbocycles. The van der Waals surface area contributed by atoms with Crippen molar-refractivity contribution in [3.05, 3.63) is 11.6 Å². The highest BCUT2D eigenvalue weighted by molar-refractivity contribution is 6.28. The van der Waals surface area contributed by atoms with Crippen molar-refractivity contribution in [3.63, 3.8) is 0 Å². The van der Waals surface area contributed by atoms with E-state index >= 15 is 0 Å². The number of imidazole rings is 1. The molecule has 20 heavy (non-hydrogen) atoms. The molecular weight excluding hydrogens is 282 g/mol. The first-order valence-electron chi connectivity index (χ1n) is 6.93. The Balaban J connectivity index is 1.88. The van der Waals surface area contributed by atoms with Crippen LogP contribution in [-0.4, -0.2) is 64.4 Å². The van der Waals surface area contributed by atoms with E-state index in [1.165, 1.54) is 7.11 Å². The smallest absolute Gasteiger partial charge is 0.244 e. The van der Waals surface area contributed by atoms with E-state index < -0.39 is 0 Å². The van der Waals surface area contributed by atoms with E-state index in [9.17, 15) is 0 Å². The van der Waals surface area contributed by atoms with Crippen LogP contribution in [0.15, 0.2) is 6.30 Å². The van der Waals surface area contributed by atoms with E-state index in [1.54, 1.807) is 4.57 Å². The molecule has 7 nitrogen and oxygen atoms in total. The third-order valence-corrected chi connectivity index (χ3v) is 3.46. The fourth-order valence-corrected chi connectivity index (χ4v) is 2.40. The van der Waals surface area contributed by atoms with Crippen molar-refractivity contribution in [3.8, 4) is 5.88 Å². The Kier molecular flexibility index (Phi) is 3.63. The Morgan fingerprint density at radius 1 is 1.40 bits per heavy atom. The fraction of sp³-hybridized carbons (Fsp3) is 0.583. The summed E-state index contributed by atoms with van der Waals surface area (Å²) >= 11 is 5.83. The molecule has 2 aromatic heterocycles. The van der Waals surface area contributed by atoms with Gasteiger partial charge in [-0.2, -0.15) is 9.97 Å². The zero-order chi connectivity index (χ0) is 14.8. The van der Waals surface area contributed by atoms with Crippen molar-refractivity contribution in [1.82, 2.24) is 24.4 Å². The summed E-state index contributed by atoms with van der Waals surface area (Å²) in [7, 11) is 1.51. The number of rotatable bonds is 4. The lowest BCUT2D eigenvalue weighted by Gasteiger charge is -2.26. The van der Waals surface area contributed by atoms with E-state index in [1.807, 2.05) is 0 Å². The molecule has 1 aliphatic rings. The topological polar surface area (TPSA) is 65.3 Å². The molecule has 3 heterocycles. The summed E-state index contributed by atoms with van der Waals surface area (Å²) in [6.07, 6.45) is 0.133. The van der Waals surface area contributed by atoms with E-state index in [0.29, 0.717) is 23.6 Å². The maximum Gasteiger partial charge on any atom is 0.244 e. The standard InChI is InChI=1S/C12H16ClN5O2/c1-19-11-9-10(15-12(13)16-11)14-8-18(9)3-2-17-4-6-20-7-5-17/h8H,2-7H2,1H3/i8D. The molecule has 0 saturated carbocycles. The van der Waals surface area contributed by atoms with Crippen molar-refractivity contribution in [2.45, 2.75) is 6.54 Å². The third kappa shape index (κ3) is 2.70. The molecule has 0 amide bonds. The second-order valence-corrected chi connectivity index (χ2v) is 4.83. The molecule has 1 aliphatic heterocycles. The first-order chi connectivity index (χ1) is 10.2. The lowest BCUT2D eigenvalue weighted by Crippen LogP contribution is -2.38. The van der Waals surface area contributed by atoms with E-state index in [4.69, 9.17) is 22.4 Å². The summed E-state index contributed by atoms with van der Waals surface area (Å²) in [4.78, 5) is 14.5. The first-order valence-corrected chi connectivity index (χ1v) is 6.81. The summed E-state index contributed by atoms with van der Waals surface area (Å²) in [6.45, 7) is 4.74. The first kappa shape index (κ1) is 12.3. The zero-order valence-electron chi connectivity index (χ0n) is 12.2. The summed E-state index contributed by atoms with van der Waals surface area (Å²) in [5.41, 5.74) is 0.999. The molecule has 1 saturated heterocycles. The molecule has 108 valence electrons. The van der Waals surface area contributed by atoms with Gasteiger partial charge in [0.25, 0.3) is 0 Å². The summed E-state index contributed by atoms with van der Waals surface area (Å²) in [5, 5.41) is 0.0668. The number of methoxy groups -OCH3 is 1. The monoisotopic (exact) mass is 298 g/mol. The van der Waals surface area contributed by atoms with Crippen LogP contribution in [0.1, 0.15) is 1.37 Å². The predicted molar refractivity (Wildman–Crippen MR) is 74.1 cm³/mol. The van der Waals surface area contributed by atoms with Crippen molar-refractivity contribution in [2.24, 2.45) is 0 Å². The highest BCUT2D eigenvalue weighted by atomic mass is 35.5. The molecule has 0 radical (unpaired) electrons. The van der Waals surface area contributed by atoms with Gasteiger partial charge in [-0.05, 0) is 11.6 Å². The summed E-state index contributed by atoms with van der Waals surface area (Å²) in [6, 6.07) is 0. The SMILES string of the molecule is [2H]c1nc2nc(Cl)nc(OC)c2n1CCN1CCOCC1. The minimum absolute atomic E-state index is 0.0668. The van der Waals surface area contributed by atoms with Crippen molar-refractivity contribution in [2.75, 3.05) is 40.0 Å². The average Bonchev–Trinajstić information content (AvgIpc) is 2.80. The molecular formula is C12H16ClN5O2. The Hall–Kier alpha value is -1.44. The minimum Gasteiger partial charge on any atom is -0.479 e. The van der Waals surface area contributed by atoms with Gasteiger partial charge in [0.1, 0.15) is 1.37 Å². The number of hydrogen-bond donors (Lipinski definition) is 0. The molecule has 0 unspecified atom stereocenters. The molecule has 2 aromatic rings. The molecule has 0 N–H and O–H groups in total. The maximum atomic E-state index is 8.00. The van der Waals surface area contributed by atoms with Crippen LogP contribution in [0.5, 0.6) is 5.88 Å². The maximum absolute atomic E-state index is 8.00. The summed E-state index contributed by atoms with van der Waals surface area (Å²) < 4.78 is 20.3. The van der Waals surface area contributed by atoms with Crippen molar-refractivity contribution < 1.29 is 10.8 Å². The van der Waals surface area contributed by atoms with Gasteiger partial charge in [-0.3, -0.25) is 4.90 Å². The predicted octanol–water partition coefficient (Wildman–Crippen LogP) is 0.821. The van der Waals surface area contributed by atoms with Crippen LogP contribution in [0.2, 0.25) is 5.28 Å². The summed E-state index contributed by atoms with van der Waals surface area (Å²) in [5.74, 6) is 0.345. The van der Waals surface area contributed by atoms with Crippen LogP contribution in [0.3, 0.4) is 0 Å². The number of hydrogen-bond acceptors (Lipinski definition) is 6. The van der Waals surface area contributed by atoms with Crippen LogP contribution < -0.4 is 4.74 Å². The number of fused-ring (bicyclic) bond motifs is 1. The van der Waals surface area contributed by atoms with E-state index in [-0.39, 0.29) is 11.6 Å². The number of aromatic nitrogens is 4. The van der Waals surface area contributed by atoms with Gasteiger partial charge in [-0.15, -0.1) is 0 Å². The van der Waals surface area contributed by atoms with E-state index in [0.717, 1.165) is 32.8 Å². The molecule has 0 aromatic carbocycles. The second-order valence-electron chi connectivity index (χ2n) is 4.49. The Labute approximate surface area is 122 Å². The zero-order valence-corrected chi connectivity index (χ0v) is 11.9. The minimum atomic E-state index is 0.0668. The van der Waals surface area contributed by atoms with Gasteiger partial charge in [0, 0.05) is 26.2 Å². The number of morpholine rings is 1. The van der Waals surface area contributed by atoms with Crippen LogP contribution >= 0.6 is 11.6 Å². The largest absolute Gasteiger partial charge is 0.479 e. The number of ether oxygens (including phenoxy) is 2. The van der Waals surface area contributed by atoms with Gasteiger partial charge in [-0.25, -0.2) is 4.98 Å². The van der Waals surface area contributed by atoms with Crippen LogP contribution in [-0.2, 0) is 11.3 Å². The van der Waals surface area contributed by atoms with E-state index in [2.05, 4.69) is 19.9 Å². The Morgan fingerprint density at radius 2 is 2.20 bits per heavy atom. The molecule has 0 spiro atoms.